The van der Waals surface area contributed by atoms with E-state index in [4.69, 9.17) is 5.73 Å². The van der Waals surface area contributed by atoms with E-state index in [-0.39, 0.29) is 6.54 Å². The molecular weight excluding hydrogens is 153 g/mol. The highest BCUT2D eigenvalue weighted by Crippen LogP contribution is 2.18. The van der Waals surface area contributed by atoms with Crippen LogP contribution in [-0.4, -0.2) is 6.54 Å². The van der Waals surface area contributed by atoms with Gasteiger partial charge in [0.05, 0.1) is 0 Å². The summed E-state index contributed by atoms with van der Waals surface area (Å²) < 4.78 is 13.1. The van der Waals surface area contributed by atoms with Crippen LogP contribution in [0.15, 0.2) is 18.2 Å². The summed E-state index contributed by atoms with van der Waals surface area (Å²) in [6, 6.07) is 5.57. The van der Waals surface area contributed by atoms with Gasteiger partial charge in [0.15, 0.2) is 0 Å². The van der Waals surface area contributed by atoms with Crippen molar-refractivity contribution in [3.8, 4) is 0 Å². The number of rotatable bonds is 2. The average Bonchev–Trinajstić information content (AvgIpc) is 2.08. The summed E-state index contributed by atoms with van der Waals surface area (Å²) in [5.41, 5.74) is 8.20. The Balaban J connectivity index is 2.96. The van der Waals surface area contributed by atoms with Gasteiger partial charge in [-0.05, 0) is 30.5 Å². The van der Waals surface area contributed by atoms with Gasteiger partial charge in [0.25, 0.3) is 0 Å². The molecule has 0 heterocycles. The lowest BCUT2D eigenvalue weighted by atomic mass is 10.0. The summed E-state index contributed by atoms with van der Waals surface area (Å²) >= 11 is 0. The minimum Gasteiger partial charge on any atom is -0.327 e. The third kappa shape index (κ3) is 1.83. The summed E-state index contributed by atoms with van der Waals surface area (Å²) in [7, 11) is 0. The van der Waals surface area contributed by atoms with E-state index in [9.17, 15) is 4.39 Å². The minimum atomic E-state index is -1.02. The van der Waals surface area contributed by atoms with Crippen molar-refractivity contribution in [2.45, 2.75) is 20.0 Å². The molecule has 0 saturated carbocycles. The zero-order valence-corrected chi connectivity index (χ0v) is 7.47. The fraction of sp³-hybridized carbons (Fsp3) is 0.400. The molecule has 66 valence electrons. The van der Waals surface area contributed by atoms with Crippen LogP contribution in [0.2, 0.25) is 0 Å². The standard InChI is InChI=1S/C10H14FN/c1-7-3-4-9(5-8(7)2)10(11)6-12/h3-5,10H,6,12H2,1-2H3. The Bertz CT molecular complexity index is 271. The number of nitrogens with two attached hydrogens (primary N) is 1. The van der Waals surface area contributed by atoms with Crippen molar-refractivity contribution >= 4 is 0 Å². The number of alkyl halides is 1. The van der Waals surface area contributed by atoms with Gasteiger partial charge in [0.1, 0.15) is 6.17 Å². The molecule has 0 aliphatic heterocycles. The monoisotopic (exact) mass is 167 g/mol. The van der Waals surface area contributed by atoms with Crippen LogP contribution < -0.4 is 5.73 Å². The molecule has 1 unspecified atom stereocenters. The first-order valence-corrected chi connectivity index (χ1v) is 4.06. The van der Waals surface area contributed by atoms with E-state index in [0.717, 1.165) is 5.56 Å². The lowest BCUT2D eigenvalue weighted by molar-refractivity contribution is 0.353. The van der Waals surface area contributed by atoms with Crippen molar-refractivity contribution in [3.63, 3.8) is 0 Å². The van der Waals surface area contributed by atoms with E-state index in [1.807, 2.05) is 26.0 Å². The highest BCUT2D eigenvalue weighted by molar-refractivity contribution is 5.31. The molecule has 0 aliphatic rings. The lowest BCUT2D eigenvalue weighted by Crippen LogP contribution is -2.07. The molecule has 1 aromatic carbocycles. The van der Waals surface area contributed by atoms with Crippen molar-refractivity contribution in [3.05, 3.63) is 34.9 Å². The van der Waals surface area contributed by atoms with E-state index >= 15 is 0 Å². The SMILES string of the molecule is Cc1ccc(C(F)CN)cc1C. The van der Waals surface area contributed by atoms with Gasteiger partial charge in [-0.1, -0.05) is 18.2 Å². The average molecular weight is 167 g/mol. The van der Waals surface area contributed by atoms with E-state index in [1.54, 1.807) is 6.07 Å². The fourth-order valence-corrected chi connectivity index (χ4v) is 1.10. The van der Waals surface area contributed by atoms with Crippen LogP contribution in [0.5, 0.6) is 0 Å². The molecule has 2 heteroatoms. The van der Waals surface area contributed by atoms with Crippen LogP contribution in [-0.2, 0) is 0 Å². The fourth-order valence-electron chi connectivity index (χ4n) is 1.10. The molecule has 0 radical (unpaired) electrons. The maximum absolute atomic E-state index is 13.1. The van der Waals surface area contributed by atoms with E-state index in [1.165, 1.54) is 5.56 Å². The second-order valence-electron chi connectivity index (χ2n) is 3.05. The first kappa shape index (κ1) is 9.20. The summed E-state index contributed by atoms with van der Waals surface area (Å²) in [5.74, 6) is 0. The van der Waals surface area contributed by atoms with Gasteiger partial charge in [-0.2, -0.15) is 0 Å². The highest BCUT2D eigenvalue weighted by atomic mass is 19.1. The molecular formula is C10H14FN. The smallest absolute Gasteiger partial charge is 0.137 e. The van der Waals surface area contributed by atoms with Gasteiger partial charge in [0.2, 0.25) is 0 Å². The number of halogens is 1. The van der Waals surface area contributed by atoms with Gasteiger partial charge >= 0.3 is 0 Å². The molecule has 0 aliphatic carbocycles. The molecule has 2 N–H and O–H groups in total. The van der Waals surface area contributed by atoms with Gasteiger partial charge in [-0.15, -0.1) is 0 Å². The summed E-state index contributed by atoms with van der Waals surface area (Å²) in [6.07, 6.45) is -1.02. The Morgan fingerprint density at radius 1 is 1.33 bits per heavy atom. The van der Waals surface area contributed by atoms with E-state index < -0.39 is 6.17 Å². The van der Waals surface area contributed by atoms with Crippen LogP contribution >= 0.6 is 0 Å². The zero-order valence-electron chi connectivity index (χ0n) is 7.47. The summed E-state index contributed by atoms with van der Waals surface area (Å²) in [5, 5.41) is 0. The van der Waals surface area contributed by atoms with Gasteiger partial charge < -0.3 is 5.73 Å². The number of hydrogen-bond donors (Lipinski definition) is 1. The molecule has 0 fully saturated rings. The quantitative estimate of drug-likeness (QED) is 0.718. The first-order chi connectivity index (χ1) is 5.65. The van der Waals surface area contributed by atoms with Gasteiger partial charge in [-0.25, -0.2) is 4.39 Å². The van der Waals surface area contributed by atoms with Crippen molar-refractivity contribution < 1.29 is 4.39 Å². The Hall–Kier alpha value is -0.890. The predicted octanol–water partition coefficient (Wildman–Crippen LogP) is 2.27. The van der Waals surface area contributed by atoms with Crippen LogP contribution in [0.1, 0.15) is 22.9 Å². The maximum Gasteiger partial charge on any atom is 0.137 e. The Labute approximate surface area is 72.4 Å². The predicted molar refractivity (Wildman–Crippen MR) is 48.8 cm³/mol. The molecule has 0 saturated heterocycles. The molecule has 1 atom stereocenters. The molecule has 1 rings (SSSR count). The summed E-state index contributed by atoms with van der Waals surface area (Å²) in [6.45, 7) is 4.04. The second-order valence-corrected chi connectivity index (χ2v) is 3.05. The highest BCUT2D eigenvalue weighted by Gasteiger charge is 2.06. The van der Waals surface area contributed by atoms with Gasteiger partial charge in [0, 0.05) is 6.54 Å². The molecule has 12 heavy (non-hydrogen) atoms. The normalized spacial score (nSPS) is 13.0. The zero-order chi connectivity index (χ0) is 9.14. The topological polar surface area (TPSA) is 26.0 Å². The van der Waals surface area contributed by atoms with Crippen molar-refractivity contribution in [1.82, 2.24) is 0 Å². The van der Waals surface area contributed by atoms with E-state index in [0.29, 0.717) is 5.56 Å². The Morgan fingerprint density at radius 3 is 2.50 bits per heavy atom. The number of benzene rings is 1. The Kier molecular flexibility index (Phi) is 2.82. The third-order valence-corrected chi connectivity index (χ3v) is 2.10. The van der Waals surface area contributed by atoms with Crippen molar-refractivity contribution in [2.24, 2.45) is 5.73 Å². The lowest BCUT2D eigenvalue weighted by Gasteiger charge is -2.07. The number of aryl methyl sites for hydroxylation is 2. The van der Waals surface area contributed by atoms with E-state index in [2.05, 4.69) is 0 Å². The Morgan fingerprint density at radius 2 is 2.00 bits per heavy atom. The van der Waals surface area contributed by atoms with Gasteiger partial charge in [-0.3, -0.25) is 0 Å². The maximum atomic E-state index is 13.1. The largest absolute Gasteiger partial charge is 0.327 e. The first-order valence-electron chi connectivity index (χ1n) is 4.06. The van der Waals surface area contributed by atoms with Crippen LogP contribution in [0, 0.1) is 13.8 Å². The van der Waals surface area contributed by atoms with Crippen LogP contribution in [0.25, 0.3) is 0 Å². The molecule has 0 amide bonds. The molecule has 0 bridgehead atoms. The number of hydrogen-bond acceptors (Lipinski definition) is 1. The van der Waals surface area contributed by atoms with Crippen molar-refractivity contribution in [1.29, 1.82) is 0 Å². The minimum absolute atomic E-state index is 0.0580. The summed E-state index contributed by atoms with van der Waals surface area (Å²) in [4.78, 5) is 0. The molecule has 1 aromatic rings. The van der Waals surface area contributed by atoms with Crippen LogP contribution in [0.4, 0.5) is 4.39 Å². The van der Waals surface area contributed by atoms with Crippen molar-refractivity contribution in [2.75, 3.05) is 6.54 Å². The molecule has 0 aromatic heterocycles. The second kappa shape index (κ2) is 3.68. The van der Waals surface area contributed by atoms with Crippen LogP contribution in [0.3, 0.4) is 0 Å². The molecule has 1 nitrogen and oxygen atoms in total. The molecule has 0 spiro atoms. The third-order valence-electron chi connectivity index (χ3n) is 2.10.